The molecule has 1 heterocycles. The summed E-state index contributed by atoms with van der Waals surface area (Å²) in [7, 11) is 0. The van der Waals surface area contributed by atoms with Gasteiger partial charge in [0.1, 0.15) is 0 Å². The normalized spacial score (nSPS) is 9.75. The molecule has 56 valence electrons. The fraction of sp³-hybridized carbons (Fsp3) is 0. The Kier molecular flexibility index (Phi) is 3.37. The molecule has 0 atom stereocenters. The molecule has 0 unspecified atom stereocenters. The fourth-order valence-electron chi connectivity index (χ4n) is 0.959. The number of halogens is 1. The zero-order valence-corrected chi connectivity index (χ0v) is 10.0. The second-order valence-electron chi connectivity index (χ2n) is 2.21. The standard InChI is InChI=1S/C7H5ClN2S.Na/c8-6-5(11)2-1-4-3-9-10-7(4)6;/h1-3,11H,(H,9,10);/q;+1/p-1. The maximum Gasteiger partial charge on any atom is 1.00 e. The van der Waals surface area contributed by atoms with Crippen molar-refractivity contribution in [3.05, 3.63) is 23.4 Å². The van der Waals surface area contributed by atoms with Gasteiger partial charge >= 0.3 is 29.6 Å². The van der Waals surface area contributed by atoms with Gasteiger partial charge in [0.15, 0.2) is 0 Å². The number of aromatic amines is 1. The summed E-state index contributed by atoms with van der Waals surface area (Å²) in [5.74, 6) is 0. The average molecular weight is 207 g/mol. The van der Waals surface area contributed by atoms with Crippen LogP contribution in [0, 0.1) is 0 Å². The monoisotopic (exact) mass is 206 g/mol. The summed E-state index contributed by atoms with van der Waals surface area (Å²) in [6, 6.07) is 3.70. The van der Waals surface area contributed by atoms with Crippen molar-refractivity contribution in [3.8, 4) is 0 Å². The van der Waals surface area contributed by atoms with Gasteiger partial charge in [-0.05, 0) is 0 Å². The Morgan fingerprint density at radius 2 is 2.17 bits per heavy atom. The number of hydrogen-bond acceptors (Lipinski definition) is 2. The Balaban J connectivity index is 0.000000720. The van der Waals surface area contributed by atoms with Crippen LogP contribution in [-0.4, -0.2) is 10.2 Å². The molecule has 1 N–H and O–H groups in total. The first-order valence-corrected chi connectivity index (χ1v) is 3.86. The van der Waals surface area contributed by atoms with Crippen molar-refractivity contribution in [2.24, 2.45) is 0 Å². The summed E-state index contributed by atoms with van der Waals surface area (Å²) in [4.78, 5) is 0.656. The van der Waals surface area contributed by atoms with Crippen LogP contribution in [0.25, 0.3) is 10.9 Å². The zero-order valence-electron chi connectivity index (χ0n) is 6.47. The van der Waals surface area contributed by atoms with Gasteiger partial charge in [0.05, 0.1) is 11.7 Å². The first-order valence-electron chi connectivity index (χ1n) is 3.07. The van der Waals surface area contributed by atoms with E-state index in [1.807, 2.05) is 6.07 Å². The molecule has 0 aliphatic heterocycles. The van der Waals surface area contributed by atoms with Crippen LogP contribution in [0.2, 0.25) is 5.02 Å². The van der Waals surface area contributed by atoms with Crippen molar-refractivity contribution in [1.29, 1.82) is 0 Å². The first kappa shape index (κ1) is 10.3. The molecule has 0 saturated heterocycles. The smallest absolute Gasteiger partial charge is 0.778 e. The molecule has 0 bridgehead atoms. The third-order valence-corrected chi connectivity index (χ3v) is 2.36. The minimum absolute atomic E-state index is 0. The van der Waals surface area contributed by atoms with Gasteiger partial charge in [-0.1, -0.05) is 23.7 Å². The number of rotatable bonds is 0. The number of H-pyrrole nitrogens is 1. The molecular weight excluding hydrogens is 203 g/mol. The van der Waals surface area contributed by atoms with Crippen molar-refractivity contribution < 1.29 is 29.6 Å². The molecule has 2 nitrogen and oxygen atoms in total. The molecule has 0 fully saturated rings. The van der Waals surface area contributed by atoms with E-state index in [0.29, 0.717) is 9.92 Å². The second-order valence-corrected chi connectivity index (χ2v) is 3.03. The molecule has 1 aromatic carbocycles. The van der Waals surface area contributed by atoms with Crippen LogP contribution in [0.3, 0.4) is 0 Å². The predicted molar refractivity (Wildman–Crippen MR) is 46.7 cm³/mol. The SMILES string of the molecule is [Na+].[S-]c1ccc2cn[nH]c2c1Cl. The summed E-state index contributed by atoms with van der Waals surface area (Å²) in [6.07, 6.45) is 1.72. The molecular formula is C7H4ClN2NaS. The zero-order chi connectivity index (χ0) is 7.84. The minimum Gasteiger partial charge on any atom is -0.778 e. The minimum atomic E-state index is 0. The predicted octanol–water partition coefficient (Wildman–Crippen LogP) is -0.874. The Morgan fingerprint density at radius 3 is 2.92 bits per heavy atom. The van der Waals surface area contributed by atoms with Crippen LogP contribution in [-0.2, 0) is 12.6 Å². The van der Waals surface area contributed by atoms with E-state index in [1.54, 1.807) is 12.3 Å². The van der Waals surface area contributed by atoms with E-state index in [2.05, 4.69) is 10.2 Å². The molecule has 12 heavy (non-hydrogen) atoms. The van der Waals surface area contributed by atoms with Crippen LogP contribution in [0.1, 0.15) is 0 Å². The van der Waals surface area contributed by atoms with E-state index in [0.717, 1.165) is 10.9 Å². The third-order valence-electron chi connectivity index (χ3n) is 1.52. The quantitative estimate of drug-likeness (QED) is 0.448. The maximum absolute atomic E-state index is 5.89. The Bertz CT molecular complexity index is 401. The number of nitrogens with zero attached hydrogens (tertiary/aromatic N) is 1. The molecule has 2 aromatic rings. The molecule has 0 aliphatic carbocycles. The van der Waals surface area contributed by atoms with E-state index in [-0.39, 0.29) is 29.6 Å². The van der Waals surface area contributed by atoms with Crippen molar-refractivity contribution in [1.82, 2.24) is 10.2 Å². The van der Waals surface area contributed by atoms with E-state index in [1.165, 1.54) is 0 Å². The molecule has 0 spiro atoms. The van der Waals surface area contributed by atoms with E-state index >= 15 is 0 Å². The summed E-state index contributed by atoms with van der Waals surface area (Å²) in [5, 5.41) is 8.20. The molecule has 0 radical (unpaired) electrons. The van der Waals surface area contributed by atoms with E-state index < -0.39 is 0 Å². The maximum atomic E-state index is 5.89. The number of aromatic nitrogens is 2. The van der Waals surface area contributed by atoms with Crippen molar-refractivity contribution in [2.75, 3.05) is 0 Å². The van der Waals surface area contributed by atoms with Crippen LogP contribution in [0.15, 0.2) is 23.2 Å². The summed E-state index contributed by atoms with van der Waals surface area (Å²) >= 11 is 10.9. The molecule has 0 saturated carbocycles. The van der Waals surface area contributed by atoms with Gasteiger partial charge in [-0.15, -0.1) is 0 Å². The van der Waals surface area contributed by atoms with Gasteiger partial charge in [0.25, 0.3) is 0 Å². The first-order chi connectivity index (χ1) is 5.29. The Labute approximate surface area is 102 Å². The van der Waals surface area contributed by atoms with E-state index in [9.17, 15) is 0 Å². The van der Waals surface area contributed by atoms with Gasteiger partial charge in [-0.2, -0.15) is 9.99 Å². The van der Waals surface area contributed by atoms with Gasteiger partial charge in [0, 0.05) is 10.4 Å². The summed E-state index contributed by atoms with van der Waals surface area (Å²) < 4.78 is 0. The van der Waals surface area contributed by atoms with Crippen LogP contribution in [0.5, 0.6) is 0 Å². The molecule has 5 heteroatoms. The Morgan fingerprint density at radius 1 is 1.42 bits per heavy atom. The van der Waals surface area contributed by atoms with Crippen LogP contribution >= 0.6 is 11.6 Å². The summed E-state index contributed by atoms with van der Waals surface area (Å²) in [5.41, 5.74) is 0.819. The third kappa shape index (κ3) is 1.60. The molecule has 2 rings (SSSR count). The van der Waals surface area contributed by atoms with Crippen molar-refractivity contribution in [2.45, 2.75) is 4.90 Å². The van der Waals surface area contributed by atoms with Gasteiger partial charge in [-0.3, -0.25) is 5.10 Å². The van der Waals surface area contributed by atoms with Crippen molar-refractivity contribution >= 4 is 35.1 Å². The second kappa shape index (κ2) is 3.94. The number of hydrogen-bond donors (Lipinski definition) is 1. The number of nitrogens with one attached hydrogen (secondary N) is 1. The van der Waals surface area contributed by atoms with Crippen molar-refractivity contribution in [3.63, 3.8) is 0 Å². The fourth-order valence-corrected chi connectivity index (χ4v) is 1.34. The van der Waals surface area contributed by atoms with Crippen LogP contribution in [0.4, 0.5) is 0 Å². The van der Waals surface area contributed by atoms with Crippen LogP contribution < -0.4 is 29.6 Å². The van der Waals surface area contributed by atoms with Gasteiger partial charge in [-0.25, -0.2) is 0 Å². The van der Waals surface area contributed by atoms with Gasteiger partial charge in [0.2, 0.25) is 0 Å². The Hall–Kier alpha value is 0.200. The van der Waals surface area contributed by atoms with E-state index in [4.69, 9.17) is 24.2 Å². The summed E-state index contributed by atoms with van der Waals surface area (Å²) in [6.45, 7) is 0. The molecule has 1 aromatic heterocycles. The molecule has 0 amide bonds. The number of benzene rings is 1. The average Bonchev–Trinajstić information content (AvgIpc) is 2.45. The van der Waals surface area contributed by atoms with Gasteiger partial charge < -0.3 is 12.6 Å². The molecule has 0 aliphatic rings. The largest absolute Gasteiger partial charge is 1.00 e. The topological polar surface area (TPSA) is 28.7 Å². The number of fused-ring (bicyclic) bond motifs is 1.